The van der Waals surface area contributed by atoms with E-state index in [2.05, 4.69) is 15.0 Å². The predicted molar refractivity (Wildman–Crippen MR) is 108 cm³/mol. The predicted octanol–water partition coefficient (Wildman–Crippen LogP) is 2.92. The van der Waals surface area contributed by atoms with Crippen LogP contribution in [0, 0.1) is 0 Å². The Bertz CT molecular complexity index is 889. The van der Waals surface area contributed by atoms with E-state index in [1.165, 1.54) is 6.33 Å². The molecule has 0 aliphatic rings. The number of imidazole rings is 1. The third-order valence-electron chi connectivity index (χ3n) is 3.53. The second-order valence-corrected chi connectivity index (χ2v) is 8.96. The molecule has 0 aromatic carbocycles. The SMILES string of the molecule is CC(C)OC(=O)OCO[P@](=O)(CO[C@H](C)Cn1cnc2c(N)ncnc21)OC(C)C. The maximum Gasteiger partial charge on any atom is 0.510 e. The van der Waals surface area contributed by atoms with E-state index in [4.69, 9.17) is 29.0 Å². The van der Waals surface area contributed by atoms with Gasteiger partial charge in [-0.2, -0.15) is 0 Å². The lowest BCUT2D eigenvalue weighted by atomic mass is 10.4. The van der Waals surface area contributed by atoms with Crippen LogP contribution in [0.4, 0.5) is 10.6 Å². The molecule has 0 aliphatic heterocycles. The van der Waals surface area contributed by atoms with Crippen molar-refractivity contribution in [2.45, 2.75) is 59.5 Å². The smallest absolute Gasteiger partial charge is 0.432 e. The topological polar surface area (TPSA) is 150 Å². The third-order valence-corrected chi connectivity index (χ3v) is 5.24. The van der Waals surface area contributed by atoms with Crippen LogP contribution in [0.1, 0.15) is 34.6 Å². The van der Waals surface area contributed by atoms with E-state index in [9.17, 15) is 9.36 Å². The summed E-state index contributed by atoms with van der Waals surface area (Å²) in [6.07, 6.45) is 0.532. The highest BCUT2D eigenvalue weighted by molar-refractivity contribution is 7.53. The molecule has 0 spiro atoms. The van der Waals surface area contributed by atoms with Gasteiger partial charge in [0, 0.05) is 0 Å². The van der Waals surface area contributed by atoms with Gasteiger partial charge in [0.05, 0.1) is 31.2 Å². The average Bonchev–Trinajstić information content (AvgIpc) is 3.03. The zero-order valence-electron chi connectivity index (χ0n) is 17.7. The summed E-state index contributed by atoms with van der Waals surface area (Å²) in [4.78, 5) is 23.7. The molecule has 2 atom stereocenters. The Kier molecular flexibility index (Phi) is 8.54. The lowest BCUT2D eigenvalue weighted by Gasteiger charge is -2.22. The van der Waals surface area contributed by atoms with Crippen LogP contribution in [-0.2, 0) is 34.4 Å². The highest BCUT2D eigenvalue weighted by Gasteiger charge is 2.29. The molecule has 2 N–H and O–H groups in total. The molecule has 0 aliphatic carbocycles. The number of nitrogens with zero attached hydrogens (tertiary/aromatic N) is 4. The van der Waals surface area contributed by atoms with Gasteiger partial charge < -0.3 is 29.0 Å². The molecule has 13 heteroatoms. The maximum atomic E-state index is 12.9. The highest BCUT2D eigenvalue weighted by Crippen LogP contribution is 2.49. The average molecular weight is 445 g/mol. The molecule has 12 nitrogen and oxygen atoms in total. The molecule has 0 unspecified atom stereocenters. The summed E-state index contributed by atoms with van der Waals surface area (Å²) in [6.45, 7) is 8.32. The van der Waals surface area contributed by atoms with Crippen molar-refractivity contribution in [3.8, 4) is 0 Å². The highest BCUT2D eigenvalue weighted by atomic mass is 31.2. The van der Waals surface area contributed by atoms with Crippen LogP contribution in [0.3, 0.4) is 0 Å². The number of fused-ring (bicyclic) bond motifs is 1. The van der Waals surface area contributed by atoms with Gasteiger partial charge in [0.15, 0.2) is 11.5 Å². The van der Waals surface area contributed by atoms with Crippen molar-refractivity contribution in [1.29, 1.82) is 0 Å². The van der Waals surface area contributed by atoms with Crippen molar-refractivity contribution < 1.29 is 32.6 Å². The number of carbonyl (C=O) groups is 1. The minimum Gasteiger partial charge on any atom is -0.432 e. The van der Waals surface area contributed by atoms with Gasteiger partial charge in [0.2, 0.25) is 6.79 Å². The Morgan fingerprint density at radius 3 is 2.57 bits per heavy atom. The lowest BCUT2D eigenvalue weighted by molar-refractivity contribution is -0.0199. The van der Waals surface area contributed by atoms with Gasteiger partial charge >= 0.3 is 13.8 Å². The lowest BCUT2D eigenvalue weighted by Crippen LogP contribution is -2.20. The molecule has 0 amide bonds. The van der Waals surface area contributed by atoms with Crippen LogP contribution in [0.25, 0.3) is 11.2 Å². The first-order chi connectivity index (χ1) is 14.1. The number of rotatable bonds is 11. The number of nitrogens with two attached hydrogens (primary N) is 1. The van der Waals surface area contributed by atoms with Crippen LogP contribution < -0.4 is 5.73 Å². The normalized spacial score (nSPS) is 14.8. The quantitative estimate of drug-likeness (QED) is 0.309. The number of aromatic nitrogens is 4. The Balaban J connectivity index is 1.92. The first kappa shape index (κ1) is 24.0. The first-order valence-corrected chi connectivity index (χ1v) is 11.1. The van der Waals surface area contributed by atoms with E-state index in [1.54, 1.807) is 45.5 Å². The number of nitrogen functional groups attached to an aromatic ring is 1. The second-order valence-electron chi connectivity index (χ2n) is 7.01. The van der Waals surface area contributed by atoms with Crippen molar-refractivity contribution in [2.75, 3.05) is 18.9 Å². The molecule has 0 fully saturated rings. The van der Waals surface area contributed by atoms with Crippen LogP contribution >= 0.6 is 7.60 Å². The largest absolute Gasteiger partial charge is 0.510 e. The van der Waals surface area contributed by atoms with E-state index in [0.717, 1.165) is 0 Å². The molecular weight excluding hydrogens is 417 g/mol. The summed E-state index contributed by atoms with van der Waals surface area (Å²) in [5.74, 6) is 0.284. The minimum atomic E-state index is -3.69. The Morgan fingerprint density at radius 1 is 1.17 bits per heavy atom. The Hall–Kier alpha value is -2.27. The Morgan fingerprint density at radius 2 is 1.90 bits per heavy atom. The summed E-state index contributed by atoms with van der Waals surface area (Å²) >= 11 is 0. The third kappa shape index (κ3) is 7.21. The van der Waals surface area contributed by atoms with E-state index in [0.29, 0.717) is 17.7 Å². The van der Waals surface area contributed by atoms with E-state index < -0.39 is 32.8 Å². The van der Waals surface area contributed by atoms with Gasteiger partial charge in [-0.3, -0.25) is 9.09 Å². The zero-order valence-corrected chi connectivity index (χ0v) is 18.6. The molecule has 2 rings (SSSR count). The minimum absolute atomic E-state index is 0.284. The maximum absolute atomic E-state index is 12.9. The fourth-order valence-electron chi connectivity index (χ4n) is 2.38. The van der Waals surface area contributed by atoms with E-state index >= 15 is 0 Å². The van der Waals surface area contributed by atoms with Crippen molar-refractivity contribution >= 4 is 30.7 Å². The van der Waals surface area contributed by atoms with Crippen molar-refractivity contribution in [3.05, 3.63) is 12.7 Å². The van der Waals surface area contributed by atoms with Gasteiger partial charge in [-0.05, 0) is 34.6 Å². The molecule has 0 saturated heterocycles. The monoisotopic (exact) mass is 445 g/mol. The number of hydrogen-bond donors (Lipinski definition) is 1. The van der Waals surface area contributed by atoms with Crippen molar-refractivity contribution in [3.63, 3.8) is 0 Å². The van der Waals surface area contributed by atoms with Crippen molar-refractivity contribution in [1.82, 2.24) is 19.5 Å². The van der Waals surface area contributed by atoms with Gasteiger partial charge in [-0.25, -0.2) is 19.7 Å². The van der Waals surface area contributed by atoms with E-state index in [1.807, 2.05) is 0 Å². The van der Waals surface area contributed by atoms with Gasteiger partial charge in [-0.15, -0.1) is 0 Å². The first-order valence-electron chi connectivity index (χ1n) is 9.38. The van der Waals surface area contributed by atoms with Crippen LogP contribution in [0.15, 0.2) is 12.7 Å². The molecule has 0 radical (unpaired) electrons. The number of anilines is 1. The molecule has 30 heavy (non-hydrogen) atoms. The summed E-state index contributed by atoms with van der Waals surface area (Å²) in [5.41, 5.74) is 6.84. The molecule has 168 valence electrons. The number of hydrogen-bond acceptors (Lipinski definition) is 11. The fraction of sp³-hybridized carbons (Fsp3) is 0.647. The van der Waals surface area contributed by atoms with Gasteiger partial charge in [0.1, 0.15) is 18.2 Å². The van der Waals surface area contributed by atoms with Crippen LogP contribution in [-0.4, -0.2) is 57.1 Å². The van der Waals surface area contributed by atoms with Gasteiger partial charge in [-0.1, -0.05) is 0 Å². The Labute approximate surface area is 174 Å². The summed E-state index contributed by atoms with van der Waals surface area (Å²) < 4.78 is 40.5. The van der Waals surface area contributed by atoms with Gasteiger partial charge in [0.25, 0.3) is 0 Å². The second kappa shape index (κ2) is 10.7. The molecule has 2 aromatic rings. The summed E-state index contributed by atoms with van der Waals surface area (Å²) in [6, 6.07) is 0. The molecule has 0 saturated carbocycles. The van der Waals surface area contributed by atoms with Crippen LogP contribution in [0.2, 0.25) is 0 Å². The molecule has 2 aromatic heterocycles. The van der Waals surface area contributed by atoms with E-state index in [-0.39, 0.29) is 18.3 Å². The number of ether oxygens (including phenoxy) is 3. The fourth-order valence-corrected chi connectivity index (χ4v) is 3.87. The molecule has 2 heterocycles. The van der Waals surface area contributed by atoms with Crippen molar-refractivity contribution in [2.24, 2.45) is 0 Å². The molecule has 0 bridgehead atoms. The summed E-state index contributed by atoms with van der Waals surface area (Å²) in [7, 11) is -3.69. The number of carbonyl (C=O) groups excluding carboxylic acids is 1. The zero-order chi connectivity index (χ0) is 22.3. The van der Waals surface area contributed by atoms with Crippen LogP contribution in [0.5, 0.6) is 0 Å². The summed E-state index contributed by atoms with van der Waals surface area (Å²) in [5, 5.41) is 0. The molecular formula is C17H28N5O7P. The standard InChI is InChI=1S/C17H28N5O7P/c1-11(2)28-17(23)25-9-27-30(24,29-12(3)4)10-26-13(5)6-22-8-21-14-15(18)19-7-20-16(14)22/h7-8,11-13H,6,9-10H2,1-5H3,(H2,18,19,20)/t13-,30-/m1/s1.